The van der Waals surface area contributed by atoms with Crippen LogP contribution >= 0.6 is 0 Å². The number of fused-ring (bicyclic) bond motifs is 7. The van der Waals surface area contributed by atoms with Gasteiger partial charge in [0.1, 0.15) is 18.8 Å². The number of carbonyl (C=O) groups is 1. The number of nitrogens with zero attached hydrogens (tertiary/aromatic N) is 1. The maximum Gasteiger partial charge on any atom is 0.302 e. The fourth-order valence-corrected chi connectivity index (χ4v) is 13.4. The summed E-state index contributed by atoms with van der Waals surface area (Å²) in [6.07, 6.45) is 14.8. The molecule has 1 N–H and O–H groups in total. The van der Waals surface area contributed by atoms with E-state index in [0.29, 0.717) is 36.1 Å². The standard InChI is InChI=1S/C42H66NO3.HI/c1-12-26-43(11,27-13-2)28-14-15-35(45)42-23-18-31(29(3)4)37(42)32-16-17-34-39(8)21-20-36(46-30(5)44)38(6,7)33(39)19-22-41(34,10)40(32,9)24-25-42;/h12-13,31-37,45H,1-3,16-28H2,4-11H3;1H/q+1;/p-1/t31-,32+,33-,34+,35+,36-,37+,39-,40+,41+,42+;/m0./s1. The van der Waals surface area contributed by atoms with Gasteiger partial charge in [0.2, 0.25) is 0 Å². The molecule has 0 heterocycles. The SMILES string of the molecule is C=CC[N+](C)(CC#C[C@@H](O)[C@]12CC[C@@H](C(=C)C)[C@@H]1[C@H]1CC[C@@H]3[C@@]4(C)CC[C@H](OC(C)=O)C(C)(C)[C@@H]4CC[C@@]3(C)[C@]1(C)CC2)CC=C.[I-]. The van der Waals surface area contributed by atoms with Gasteiger partial charge in [-0.1, -0.05) is 65.8 Å². The van der Waals surface area contributed by atoms with Crippen LogP contribution in [0.1, 0.15) is 113 Å². The summed E-state index contributed by atoms with van der Waals surface area (Å²) in [5, 5.41) is 12.1. The van der Waals surface area contributed by atoms with Gasteiger partial charge in [0.15, 0.2) is 0 Å². The predicted octanol–water partition coefficient (Wildman–Crippen LogP) is 5.76. The second-order valence-corrected chi connectivity index (χ2v) is 18.3. The van der Waals surface area contributed by atoms with Crippen molar-refractivity contribution in [1.82, 2.24) is 0 Å². The van der Waals surface area contributed by atoms with E-state index in [1.54, 1.807) is 6.92 Å². The maximum atomic E-state index is 12.1. The molecule has 0 amide bonds. The summed E-state index contributed by atoms with van der Waals surface area (Å²) in [6, 6.07) is 0. The fraction of sp³-hybridized carbons (Fsp3) is 0.786. The van der Waals surface area contributed by atoms with E-state index in [2.05, 4.69) is 80.2 Å². The third-order valence-corrected chi connectivity index (χ3v) is 15.8. The highest BCUT2D eigenvalue weighted by molar-refractivity contribution is 5.66. The van der Waals surface area contributed by atoms with Gasteiger partial charge in [-0.25, -0.2) is 0 Å². The topological polar surface area (TPSA) is 46.5 Å². The fourth-order valence-electron chi connectivity index (χ4n) is 13.4. The summed E-state index contributed by atoms with van der Waals surface area (Å²) in [6.45, 7) is 31.3. The molecule has 5 rings (SSSR count). The number of aliphatic hydroxyl groups is 1. The van der Waals surface area contributed by atoms with E-state index in [1.807, 2.05) is 12.2 Å². The van der Waals surface area contributed by atoms with Crippen molar-refractivity contribution in [2.24, 2.45) is 56.7 Å². The third-order valence-electron chi connectivity index (χ3n) is 15.8. The zero-order chi connectivity index (χ0) is 33.9. The minimum Gasteiger partial charge on any atom is -1.00 e. The Balaban J connectivity index is 0.00000500. The van der Waals surface area contributed by atoms with Crippen LogP contribution in [0.25, 0.3) is 0 Å². The molecule has 5 aliphatic rings. The molecular weight excluding hydrogens is 693 g/mol. The summed E-state index contributed by atoms with van der Waals surface area (Å²) < 4.78 is 6.71. The number of esters is 1. The molecule has 4 nitrogen and oxygen atoms in total. The Morgan fingerprint density at radius 3 is 2.17 bits per heavy atom. The molecule has 0 unspecified atom stereocenters. The lowest BCUT2D eigenvalue weighted by molar-refractivity contribution is -0.891. The highest BCUT2D eigenvalue weighted by Crippen LogP contribution is 2.78. The number of rotatable bonds is 8. The van der Waals surface area contributed by atoms with Crippen LogP contribution in [0.3, 0.4) is 0 Å². The third kappa shape index (κ3) is 6.05. The van der Waals surface area contributed by atoms with Crippen LogP contribution in [-0.4, -0.2) is 54.4 Å². The van der Waals surface area contributed by atoms with E-state index >= 15 is 0 Å². The summed E-state index contributed by atoms with van der Waals surface area (Å²) in [5.74, 6) is 9.42. The van der Waals surface area contributed by atoms with Crippen molar-refractivity contribution in [3.63, 3.8) is 0 Å². The quantitative estimate of drug-likeness (QED) is 0.113. The van der Waals surface area contributed by atoms with Gasteiger partial charge in [-0.3, -0.25) is 4.79 Å². The number of carbonyl (C=O) groups excluding carboxylic acids is 1. The smallest absolute Gasteiger partial charge is 0.302 e. The summed E-state index contributed by atoms with van der Waals surface area (Å²) >= 11 is 0. The zero-order valence-corrected chi connectivity index (χ0v) is 33.3. The molecule has 0 radical (unpaired) electrons. The Morgan fingerprint density at radius 1 is 0.915 bits per heavy atom. The van der Waals surface area contributed by atoms with Crippen molar-refractivity contribution in [3.05, 3.63) is 37.5 Å². The summed E-state index contributed by atoms with van der Waals surface area (Å²) in [7, 11) is 2.20. The molecule has 264 valence electrons. The average molecular weight is 760 g/mol. The number of allylic oxidation sites excluding steroid dienone is 1. The van der Waals surface area contributed by atoms with Gasteiger partial charge in [-0.05, 0) is 135 Å². The molecule has 11 atom stereocenters. The molecule has 0 bridgehead atoms. The number of likely N-dealkylation sites (N-methyl/N-ethyl adjacent to an activating group) is 1. The van der Waals surface area contributed by atoms with E-state index < -0.39 is 6.10 Å². The molecule has 5 heteroatoms. The molecule has 0 aliphatic heterocycles. The normalized spacial score (nSPS) is 42.4. The molecule has 5 saturated carbocycles. The predicted molar refractivity (Wildman–Crippen MR) is 189 cm³/mol. The average Bonchev–Trinajstić information content (AvgIpc) is 3.36. The van der Waals surface area contributed by atoms with E-state index in [1.165, 1.54) is 37.7 Å². The lowest BCUT2D eigenvalue weighted by Gasteiger charge is -2.73. The first-order valence-corrected chi connectivity index (χ1v) is 18.5. The lowest BCUT2D eigenvalue weighted by atomic mass is 9.32. The molecular formula is C42H66INO3. The first kappa shape index (κ1) is 38.7. The highest BCUT2D eigenvalue weighted by Gasteiger charge is 2.71. The molecule has 47 heavy (non-hydrogen) atoms. The van der Waals surface area contributed by atoms with Crippen molar-refractivity contribution >= 4 is 5.97 Å². The van der Waals surface area contributed by atoms with Crippen LogP contribution in [-0.2, 0) is 9.53 Å². The second kappa shape index (κ2) is 13.6. The minimum atomic E-state index is -0.608. The highest BCUT2D eigenvalue weighted by atomic mass is 127. The van der Waals surface area contributed by atoms with Gasteiger partial charge >= 0.3 is 5.97 Å². The summed E-state index contributed by atoms with van der Waals surface area (Å²) in [4.78, 5) is 12.0. The summed E-state index contributed by atoms with van der Waals surface area (Å²) in [5.41, 5.74) is 1.81. The van der Waals surface area contributed by atoms with E-state index in [0.717, 1.165) is 49.7 Å². The molecule has 0 aromatic heterocycles. The van der Waals surface area contributed by atoms with Crippen molar-refractivity contribution < 1.29 is 43.1 Å². The van der Waals surface area contributed by atoms with Gasteiger partial charge in [-0.2, -0.15) is 0 Å². The first-order valence-electron chi connectivity index (χ1n) is 18.5. The Labute approximate surface area is 305 Å². The molecule has 0 aromatic carbocycles. The number of hydrogen-bond acceptors (Lipinski definition) is 3. The molecule has 0 saturated heterocycles. The first-order chi connectivity index (χ1) is 21.5. The number of halogens is 1. The molecule has 0 spiro atoms. The van der Waals surface area contributed by atoms with Gasteiger partial charge in [-0.15, -0.1) is 0 Å². The Kier molecular flexibility index (Phi) is 11.2. The van der Waals surface area contributed by atoms with Crippen molar-refractivity contribution in [2.75, 3.05) is 26.7 Å². The number of quaternary nitrogens is 1. The van der Waals surface area contributed by atoms with Crippen LogP contribution in [0.2, 0.25) is 0 Å². The van der Waals surface area contributed by atoms with Crippen molar-refractivity contribution in [3.8, 4) is 11.8 Å². The Hall–Kier alpha value is -1.10. The Bertz CT molecular complexity index is 1280. The second-order valence-electron chi connectivity index (χ2n) is 18.3. The molecule has 0 aromatic rings. The Morgan fingerprint density at radius 2 is 1.57 bits per heavy atom. The van der Waals surface area contributed by atoms with Crippen LogP contribution in [0, 0.1) is 68.5 Å². The van der Waals surface area contributed by atoms with E-state index in [-0.39, 0.29) is 63.1 Å². The van der Waals surface area contributed by atoms with Gasteiger partial charge in [0.05, 0.1) is 20.1 Å². The van der Waals surface area contributed by atoms with Crippen LogP contribution in [0.15, 0.2) is 37.5 Å². The van der Waals surface area contributed by atoms with Gasteiger partial charge in [0, 0.05) is 17.8 Å². The van der Waals surface area contributed by atoms with Crippen LogP contribution < -0.4 is 24.0 Å². The molecule has 5 fully saturated rings. The van der Waals surface area contributed by atoms with Crippen LogP contribution in [0.5, 0.6) is 0 Å². The molecule has 5 aliphatic carbocycles. The van der Waals surface area contributed by atoms with Crippen LogP contribution in [0.4, 0.5) is 0 Å². The van der Waals surface area contributed by atoms with Gasteiger partial charge < -0.3 is 38.3 Å². The van der Waals surface area contributed by atoms with E-state index in [9.17, 15) is 9.90 Å². The zero-order valence-electron chi connectivity index (χ0n) is 31.1. The minimum absolute atomic E-state index is 0. The van der Waals surface area contributed by atoms with Gasteiger partial charge in [0.25, 0.3) is 0 Å². The maximum absolute atomic E-state index is 12.1. The largest absolute Gasteiger partial charge is 1.00 e. The van der Waals surface area contributed by atoms with Crippen molar-refractivity contribution in [2.45, 2.75) is 125 Å². The lowest BCUT2D eigenvalue weighted by Crippen LogP contribution is -3.00. The van der Waals surface area contributed by atoms with E-state index in [4.69, 9.17) is 4.74 Å². The van der Waals surface area contributed by atoms with Crippen molar-refractivity contribution in [1.29, 1.82) is 0 Å². The monoisotopic (exact) mass is 759 g/mol. The number of hydrogen-bond donors (Lipinski definition) is 1. The number of aliphatic hydroxyl groups excluding tert-OH is 1. The number of ether oxygens (including phenoxy) is 1.